The molecule has 0 aliphatic heterocycles. The van der Waals surface area contributed by atoms with Gasteiger partial charge >= 0.3 is 0 Å². The molecule has 0 saturated carbocycles. The van der Waals surface area contributed by atoms with Crippen molar-refractivity contribution in [1.82, 2.24) is 9.78 Å². The highest BCUT2D eigenvalue weighted by atomic mass is 127. The van der Waals surface area contributed by atoms with Gasteiger partial charge in [0, 0.05) is 23.1 Å². The minimum absolute atomic E-state index is 0. The van der Waals surface area contributed by atoms with E-state index in [0.29, 0.717) is 17.5 Å². The van der Waals surface area contributed by atoms with Gasteiger partial charge in [0.1, 0.15) is 0 Å². The van der Waals surface area contributed by atoms with E-state index in [1.54, 1.807) is 6.20 Å². The summed E-state index contributed by atoms with van der Waals surface area (Å²) in [5.74, 6) is 0.370. The van der Waals surface area contributed by atoms with E-state index >= 15 is 0 Å². The number of aryl methyl sites for hydroxylation is 1. The van der Waals surface area contributed by atoms with Crippen LogP contribution in [0.2, 0.25) is 5.02 Å². The lowest BCUT2D eigenvalue weighted by Gasteiger charge is -2.17. The summed E-state index contributed by atoms with van der Waals surface area (Å²) >= 11 is 5.99. The van der Waals surface area contributed by atoms with Crippen LogP contribution in [-0.2, 0) is 0 Å². The lowest BCUT2D eigenvalue weighted by Crippen LogP contribution is -2.25. The van der Waals surface area contributed by atoms with Crippen LogP contribution >= 0.6 is 35.6 Å². The normalized spacial score (nSPS) is 12.3. The molecular weight excluding hydrogens is 461 g/mol. The molecule has 0 bridgehead atoms. The third kappa shape index (κ3) is 5.47. The van der Waals surface area contributed by atoms with Crippen molar-refractivity contribution >= 4 is 47.2 Å². The fourth-order valence-corrected chi connectivity index (χ4v) is 2.63. The summed E-state index contributed by atoms with van der Waals surface area (Å²) in [7, 11) is 0. The second-order valence-corrected chi connectivity index (χ2v) is 6.21. The van der Waals surface area contributed by atoms with Gasteiger partial charge < -0.3 is 11.1 Å². The van der Waals surface area contributed by atoms with Gasteiger partial charge in [-0.2, -0.15) is 5.10 Å². The standard InChI is InChI=1S/C19H20ClN5.HI/c1-14-3-9-17(10-4-14)24-19(21)22-13-18(25-12-2-11-23-25)15-5-7-16(20)8-6-15;/h2-12,18H,13H2,1H3,(H3,21,22,24);1H. The molecular formula is C19H21ClIN5. The summed E-state index contributed by atoms with van der Waals surface area (Å²) in [4.78, 5) is 4.49. The zero-order chi connectivity index (χ0) is 17.6. The van der Waals surface area contributed by atoms with Crippen molar-refractivity contribution in [1.29, 1.82) is 0 Å². The number of guanidine groups is 1. The van der Waals surface area contributed by atoms with Gasteiger partial charge in [0.15, 0.2) is 5.96 Å². The Morgan fingerprint density at radius 3 is 2.50 bits per heavy atom. The summed E-state index contributed by atoms with van der Waals surface area (Å²) in [6.45, 7) is 2.51. The lowest BCUT2D eigenvalue weighted by molar-refractivity contribution is 0.533. The largest absolute Gasteiger partial charge is 0.370 e. The fourth-order valence-electron chi connectivity index (χ4n) is 2.50. The van der Waals surface area contributed by atoms with Gasteiger partial charge in [-0.3, -0.25) is 9.67 Å². The van der Waals surface area contributed by atoms with E-state index in [0.717, 1.165) is 11.3 Å². The molecule has 26 heavy (non-hydrogen) atoms. The van der Waals surface area contributed by atoms with Crippen molar-refractivity contribution in [2.24, 2.45) is 10.7 Å². The molecule has 0 aliphatic rings. The lowest BCUT2D eigenvalue weighted by atomic mass is 10.1. The summed E-state index contributed by atoms with van der Waals surface area (Å²) in [6.07, 6.45) is 3.67. The Morgan fingerprint density at radius 2 is 1.88 bits per heavy atom. The monoisotopic (exact) mass is 481 g/mol. The molecule has 1 aromatic heterocycles. The number of anilines is 1. The molecule has 7 heteroatoms. The molecule has 0 spiro atoms. The van der Waals surface area contributed by atoms with Gasteiger partial charge in [-0.15, -0.1) is 24.0 Å². The van der Waals surface area contributed by atoms with E-state index in [4.69, 9.17) is 17.3 Å². The maximum atomic E-state index is 6.04. The van der Waals surface area contributed by atoms with Crippen molar-refractivity contribution in [3.8, 4) is 0 Å². The maximum Gasteiger partial charge on any atom is 0.193 e. The Balaban J connectivity index is 0.00000243. The second-order valence-electron chi connectivity index (χ2n) is 5.77. The van der Waals surface area contributed by atoms with Crippen LogP contribution in [0.5, 0.6) is 0 Å². The average Bonchev–Trinajstić information content (AvgIpc) is 3.13. The number of aromatic nitrogens is 2. The van der Waals surface area contributed by atoms with Crippen molar-refractivity contribution in [3.05, 3.63) is 83.1 Å². The highest BCUT2D eigenvalue weighted by Crippen LogP contribution is 2.20. The number of nitrogens with two attached hydrogens (primary N) is 1. The second kappa shape index (κ2) is 9.59. The number of nitrogens with one attached hydrogen (secondary N) is 1. The molecule has 1 unspecified atom stereocenters. The molecule has 1 heterocycles. The first-order chi connectivity index (χ1) is 12.1. The van der Waals surface area contributed by atoms with Crippen molar-refractivity contribution in [2.75, 3.05) is 11.9 Å². The van der Waals surface area contributed by atoms with Gasteiger partial charge in [0.25, 0.3) is 0 Å². The number of hydrogen-bond donors (Lipinski definition) is 2. The van der Waals surface area contributed by atoms with Crippen molar-refractivity contribution in [2.45, 2.75) is 13.0 Å². The van der Waals surface area contributed by atoms with Gasteiger partial charge in [-0.1, -0.05) is 41.4 Å². The van der Waals surface area contributed by atoms with Crippen LogP contribution in [-0.4, -0.2) is 22.3 Å². The molecule has 2 aromatic carbocycles. The van der Waals surface area contributed by atoms with Crippen LogP contribution in [0.4, 0.5) is 5.69 Å². The molecule has 136 valence electrons. The van der Waals surface area contributed by atoms with Crippen LogP contribution in [0.1, 0.15) is 17.2 Å². The van der Waals surface area contributed by atoms with E-state index in [2.05, 4.69) is 15.4 Å². The highest BCUT2D eigenvalue weighted by molar-refractivity contribution is 14.0. The number of benzene rings is 2. The molecule has 1 atom stereocenters. The number of nitrogens with zero attached hydrogens (tertiary/aromatic N) is 3. The first-order valence-electron chi connectivity index (χ1n) is 8.00. The molecule has 0 saturated heterocycles. The van der Waals surface area contributed by atoms with Gasteiger partial charge in [-0.05, 0) is 42.8 Å². The van der Waals surface area contributed by atoms with E-state index in [-0.39, 0.29) is 30.0 Å². The predicted molar refractivity (Wildman–Crippen MR) is 119 cm³/mol. The minimum Gasteiger partial charge on any atom is -0.370 e. The molecule has 0 amide bonds. The summed E-state index contributed by atoms with van der Waals surface area (Å²) in [5, 5.41) is 8.15. The Kier molecular flexibility index (Phi) is 7.47. The predicted octanol–water partition coefficient (Wildman–Crippen LogP) is 4.48. The van der Waals surface area contributed by atoms with E-state index < -0.39 is 0 Å². The van der Waals surface area contributed by atoms with Gasteiger partial charge in [0.05, 0.1) is 12.6 Å². The Labute approximate surface area is 175 Å². The average molecular weight is 482 g/mol. The molecule has 0 aliphatic carbocycles. The Bertz CT molecular complexity index is 829. The summed E-state index contributed by atoms with van der Waals surface area (Å²) in [6, 6.07) is 17.5. The van der Waals surface area contributed by atoms with Crippen LogP contribution < -0.4 is 11.1 Å². The smallest absolute Gasteiger partial charge is 0.193 e. The molecule has 3 rings (SSSR count). The number of rotatable bonds is 5. The summed E-state index contributed by atoms with van der Waals surface area (Å²) < 4.78 is 1.87. The third-order valence-corrected chi connectivity index (χ3v) is 4.11. The van der Waals surface area contributed by atoms with Gasteiger partial charge in [0.2, 0.25) is 0 Å². The first-order valence-corrected chi connectivity index (χ1v) is 8.38. The first kappa shape index (κ1) is 20.3. The number of hydrogen-bond acceptors (Lipinski definition) is 2. The fraction of sp³-hybridized carbons (Fsp3) is 0.158. The van der Waals surface area contributed by atoms with Crippen LogP contribution in [0, 0.1) is 6.92 Å². The van der Waals surface area contributed by atoms with Crippen LogP contribution in [0.3, 0.4) is 0 Å². The zero-order valence-corrected chi connectivity index (χ0v) is 17.4. The SMILES string of the molecule is Cc1ccc(NC(N)=NCC(c2ccc(Cl)cc2)n2cccn2)cc1.I. The quantitative estimate of drug-likeness (QED) is 0.321. The van der Waals surface area contributed by atoms with E-state index in [1.807, 2.05) is 72.4 Å². The van der Waals surface area contributed by atoms with Gasteiger partial charge in [-0.25, -0.2) is 0 Å². The Hall–Kier alpha value is -2.06. The molecule has 0 fully saturated rings. The third-order valence-electron chi connectivity index (χ3n) is 3.86. The molecule has 3 N–H and O–H groups in total. The van der Waals surface area contributed by atoms with Crippen LogP contribution in [0.25, 0.3) is 0 Å². The Morgan fingerprint density at radius 1 is 1.19 bits per heavy atom. The van der Waals surface area contributed by atoms with Crippen molar-refractivity contribution < 1.29 is 0 Å². The molecule has 3 aromatic rings. The molecule has 0 radical (unpaired) electrons. The zero-order valence-electron chi connectivity index (χ0n) is 14.3. The molecule has 5 nitrogen and oxygen atoms in total. The minimum atomic E-state index is -0.0503. The van der Waals surface area contributed by atoms with Crippen LogP contribution in [0.15, 0.2) is 72.0 Å². The highest BCUT2D eigenvalue weighted by Gasteiger charge is 2.13. The number of aliphatic imine (C=N–C) groups is 1. The maximum absolute atomic E-state index is 6.04. The van der Waals surface area contributed by atoms with E-state index in [9.17, 15) is 0 Å². The van der Waals surface area contributed by atoms with E-state index in [1.165, 1.54) is 5.56 Å². The summed E-state index contributed by atoms with van der Waals surface area (Å²) in [5.41, 5.74) is 9.21. The van der Waals surface area contributed by atoms with Crippen molar-refractivity contribution in [3.63, 3.8) is 0 Å². The topological polar surface area (TPSA) is 68.2 Å². The number of halogens is 2.